The van der Waals surface area contributed by atoms with Crippen molar-refractivity contribution >= 4 is 24.6 Å². The van der Waals surface area contributed by atoms with Crippen molar-refractivity contribution in [3.63, 3.8) is 0 Å². The molecule has 0 saturated heterocycles. The summed E-state index contributed by atoms with van der Waals surface area (Å²) in [7, 11) is 1.73. The maximum atomic E-state index is 4.72. The van der Waals surface area contributed by atoms with Crippen molar-refractivity contribution in [2.24, 2.45) is 9.98 Å². The first-order chi connectivity index (χ1) is 9.45. The van der Waals surface area contributed by atoms with Crippen LogP contribution in [0.25, 0.3) is 0 Å². The van der Waals surface area contributed by atoms with E-state index in [-0.39, 0.29) is 0 Å². The summed E-state index contributed by atoms with van der Waals surface area (Å²) >= 11 is 4.41. The molecule has 0 aliphatic carbocycles. The molecule has 0 aliphatic rings. The smallest absolute Gasteiger partial charge is 0.0707 e. The van der Waals surface area contributed by atoms with Crippen LogP contribution < -0.4 is 0 Å². The number of benzene rings is 1. The van der Waals surface area contributed by atoms with Crippen molar-refractivity contribution in [2.45, 2.75) is 27.7 Å². The molecule has 1 rings (SSSR count). The molecule has 0 aliphatic heterocycles. The quantitative estimate of drug-likeness (QED) is 0.617. The number of hydrogen-bond acceptors (Lipinski definition) is 3. The summed E-state index contributed by atoms with van der Waals surface area (Å²) in [6.07, 6.45) is 3.80. The second-order valence-corrected chi connectivity index (χ2v) is 5.37. The standard InChI is InChI=1S/C17H22N2S/c1-12(2)10-16(15-9-7-6-8-13(15)3)19-14(4)17(20)11-18-5/h6-11,20H,1-5H3/b17-14-,18-11?,19-16?. The van der Waals surface area contributed by atoms with Crippen molar-refractivity contribution in [2.75, 3.05) is 7.05 Å². The lowest BCUT2D eigenvalue weighted by atomic mass is 10.0. The molecule has 0 heterocycles. The van der Waals surface area contributed by atoms with E-state index in [0.717, 1.165) is 21.9 Å². The molecule has 0 amide bonds. The fourth-order valence-electron chi connectivity index (χ4n) is 1.76. The Morgan fingerprint density at radius 2 is 1.80 bits per heavy atom. The normalized spacial score (nSPS) is 13.4. The molecular formula is C17H22N2S. The number of allylic oxidation sites excluding steroid dienone is 4. The third kappa shape index (κ3) is 4.82. The minimum Gasteiger partial charge on any atom is -0.295 e. The highest BCUT2D eigenvalue weighted by atomic mass is 32.1. The Kier molecular flexibility index (Phi) is 6.46. The first-order valence-electron chi connectivity index (χ1n) is 6.57. The molecule has 0 fully saturated rings. The van der Waals surface area contributed by atoms with Crippen LogP contribution in [0.4, 0.5) is 0 Å². The van der Waals surface area contributed by atoms with Gasteiger partial charge in [0.15, 0.2) is 0 Å². The average Bonchev–Trinajstić information content (AvgIpc) is 2.38. The van der Waals surface area contributed by atoms with Gasteiger partial charge in [-0.2, -0.15) is 0 Å². The summed E-state index contributed by atoms with van der Waals surface area (Å²) < 4.78 is 0. The van der Waals surface area contributed by atoms with E-state index >= 15 is 0 Å². The Morgan fingerprint density at radius 1 is 1.15 bits per heavy atom. The highest BCUT2D eigenvalue weighted by Crippen LogP contribution is 2.15. The van der Waals surface area contributed by atoms with Crippen LogP contribution in [0.5, 0.6) is 0 Å². The monoisotopic (exact) mass is 286 g/mol. The lowest BCUT2D eigenvalue weighted by molar-refractivity contribution is 1.29. The van der Waals surface area contributed by atoms with Crippen LogP contribution in [0.1, 0.15) is 31.9 Å². The molecule has 0 aromatic heterocycles. The number of nitrogens with zero attached hydrogens (tertiary/aromatic N) is 2. The minimum atomic E-state index is 0.778. The Morgan fingerprint density at radius 3 is 2.35 bits per heavy atom. The molecule has 106 valence electrons. The van der Waals surface area contributed by atoms with E-state index in [1.165, 1.54) is 11.1 Å². The summed E-state index contributed by atoms with van der Waals surface area (Å²) in [6.45, 7) is 8.18. The van der Waals surface area contributed by atoms with E-state index in [2.05, 4.69) is 56.6 Å². The van der Waals surface area contributed by atoms with Crippen LogP contribution in [0.2, 0.25) is 0 Å². The number of rotatable bonds is 4. The molecule has 3 heteroatoms. The van der Waals surface area contributed by atoms with Crippen LogP contribution >= 0.6 is 12.6 Å². The van der Waals surface area contributed by atoms with Crippen LogP contribution in [0.15, 0.2) is 56.5 Å². The van der Waals surface area contributed by atoms with Crippen LogP contribution in [-0.2, 0) is 0 Å². The Hall–Kier alpha value is -1.61. The van der Waals surface area contributed by atoms with Crippen LogP contribution in [-0.4, -0.2) is 19.0 Å². The maximum Gasteiger partial charge on any atom is 0.0707 e. The lowest BCUT2D eigenvalue weighted by Crippen LogP contribution is -2.01. The fourth-order valence-corrected chi connectivity index (χ4v) is 1.92. The molecule has 0 radical (unpaired) electrons. The van der Waals surface area contributed by atoms with Gasteiger partial charge in [0.2, 0.25) is 0 Å². The molecule has 1 aromatic rings. The summed E-state index contributed by atoms with van der Waals surface area (Å²) in [4.78, 5) is 9.47. The average molecular weight is 286 g/mol. The van der Waals surface area contributed by atoms with Gasteiger partial charge < -0.3 is 0 Å². The minimum absolute atomic E-state index is 0.778. The Bertz CT molecular complexity index is 589. The molecule has 0 saturated carbocycles. The lowest BCUT2D eigenvalue weighted by Gasteiger charge is -2.08. The van der Waals surface area contributed by atoms with Gasteiger partial charge in [-0.15, -0.1) is 12.6 Å². The largest absolute Gasteiger partial charge is 0.295 e. The van der Waals surface area contributed by atoms with Gasteiger partial charge in [0.25, 0.3) is 0 Å². The molecule has 0 unspecified atom stereocenters. The van der Waals surface area contributed by atoms with E-state index in [0.29, 0.717) is 0 Å². The van der Waals surface area contributed by atoms with E-state index < -0.39 is 0 Å². The van der Waals surface area contributed by atoms with E-state index in [9.17, 15) is 0 Å². The predicted octanol–water partition coefficient (Wildman–Crippen LogP) is 4.61. The van der Waals surface area contributed by atoms with Crippen molar-refractivity contribution in [3.8, 4) is 0 Å². The molecule has 0 spiro atoms. The van der Waals surface area contributed by atoms with Gasteiger partial charge in [0.05, 0.1) is 11.4 Å². The molecule has 2 nitrogen and oxygen atoms in total. The van der Waals surface area contributed by atoms with Crippen molar-refractivity contribution in [3.05, 3.63) is 57.6 Å². The number of aryl methyl sites for hydroxylation is 1. The second-order valence-electron chi connectivity index (χ2n) is 4.89. The van der Waals surface area contributed by atoms with Gasteiger partial charge in [0.1, 0.15) is 0 Å². The molecule has 0 atom stereocenters. The van der Waals surface area contributed by atoms with E-state index in [1.807, 2.05) is 19.1 Å². The molecule has 0 N–H and O–H groups in total. The van der Waals surface area contributed by atoms with Crippen molar-refractivity contribution < 1.29 is 0 Å². The summed E-state index contributed by atoms with van der Waals surface area (Å²) in [5, 5.41) is 0. The van der Waals surface area contributed by atoms with Gasteiger partial charge in [0, 0.05) is 23.7 Å². The SMILES string of the molecule is CN=C/C(S)=C(\C)N=C(C=C(C)C)c1ccccc1C. The summed E-state index contributed by atoms with van der Waals surface area (Å²) in [5.74, 6) is 0. The second kappa shape index (κ2) is 7.85. The topological polar surface area (TPSA) is 24.7 Å². The number of aliphatic imine (C=N–C) groups is 2. The van der Waals surface area contributed by atoms with Crippen molar-refractivity contribution in [1.29, 1.82) is 0 Å². The zero-order chi connectivity index (χ0) is 15.1. The third-order valence-corrected chi connectivity index (χ3v) is 3.20. The van der Waals surface area contributed by atoms with Gasteiger partial charge >= 0.3 is 0 Å². The van der Waals surface area contributed by atoms with Gasteiger partial charge in [-0.25, -0.2) is 0 Å². The summed E-state index contributed by atoms with van der Waals surface area (Å²) in [6, 6.07) is 8.26. The van der Waals surface area contributed by atoms with Crippen LogP contribution in [0.3, 0.4) is 0 Å². The first kappa shape index (κ1) is 16.4. The predicted molar refractivity (Wildman–Crippen MR) is 93.2 cm³/mol. The molecule has 20 heavy (non-hydrogen) atoms. The Labute approximate surface area is 127 Å². The van der Waals surface area contributed by atoms with E-state index in [4.69, 9.17) is 4.99 Å². The zero-order valence-electron chi connectivity index (χ0n) is 12.8. The van der Waals surface area contributed by atoms with Crippen molar-refractivity contribution in [1.82, 2.24) is 0 Å². The molecular weight excluding hydrogens is 264 g/mol. The maximum absolute atomic E-state index is 4.72. The Balaban J connectivity index is 3.39. The third-order valence-electron chi connectivity index (χ3n) is 2.76. The molecule has 0 bridgehead atoms. The molecule has 1 aromatic carbocycles. The number of hydrogen-bond donors (Lipinski definition) is 1. The van der Waals surface area contributed by atoms with Gasteiger partial charge in [-0.05, 0) is 39.3 Å². The summed E-state index contributed by atoms with van der Waals surface area (Å²) in [5.41, 5.74) is 5.38. The van der Waals surface area contributed by atoms with Crippen LogP contribution in [0, 0.1) is 6.92 Å². The fraction of sp³-hybridized carbons (Fsp3) is 0.294. The zero-order valence-corrected chi connectivity index (χ0v) is 13.7. The highest BCUT2D eigenvalue weighted by molar-refractivity contribution is 7.85. The number of thiol groups is 1. The van der Waals surface area contributed by atoms with Gasteiger partial charge in [-0.1, -0.05) is 29.8 Å². The highest BCUT2D eigenvalue weighted by Gasteiger charge is 2.05. The van der Waals surface area contributed by atoms with E-state index in [1.54, 1.807) is 13.3 Å². The van der Waals surface area contributed by atoms with Gasteiger partial charge in [-0.3, -0.25) is 9.98 Å². The first-order valence-corrected chi connectivity index (χ1v) is 7.02.